The van der Waals surface area contributed by atoms with Crippen molar-refractivity contribution in [2.45, 2.75) is 12.1 Å². The zero-order valence-corrected chi connectivity index (χ0v) is 6.20. The van der Waals surface area contributed by atoms with Crippen molar-refractivity contribution >= 4 is 0 Å². The van der Waals surface area contributed by atoms with Gasteiger partial charge < -0.3 is 10.4 Å². The van der Waals surface area contributed by atoms with E-state index in [1.54, 1.807) is 0 Å². The highest BCUT2D eigenvalue weighted by Gasteiger charge is 2.28. The van der Waals surface area contributed by atoms with Gasteiger partial charge in [-0.2, -0.15) is 0 Å². The number of hydrogen-bond acceptors (Lipinski definition) is 2. The van der Waals surface area contributed by atoms with E-state index in [-0.39, 0.29) is 12.1 Å². The van der Waals surface area contributed by atoms with Gasteiger partial charge in [0.05, 0.1) is 12.1 Å². The number of nitrogens with one attached hydrogen (secondary N) is 1. The van der Waals surface area contributed by atoms with E-state index in [1.807, 2.05) is 30.3 Å². The smallest absolute Gasteiger partial charge is 0.0859 e. The van der Waals surface area contributed by atoms with E-state index in [0.717, 1.165) is 6.54 Å². The van der Waals surface area contributed by atoms with Crippen molar-refractivity contribution in [2.24, 2.45) is 0 Å². The first-order valence-corrected chi connectivity index (χ1v) is 3.84. The molecule has 2 N–H and O–H groups in total. The minimum atomic E-state index is -0.197. The summed E-state index contributed by atoms with van der Waals surface area (Å²) in [4.78, 5) is 0. The van der Waals surface area contributed by atoms with Gasteiger partial charge in [0.1, 0.15) is 0 Å². The third-order valence-electron chi connectivity index (χ3n) is 2.09. The fourth-order valence-electron chi connectivity index (χ4n) is 1.34. The van der Waals surface area contributed by atoms with Crippen LogP contribution in [0, 0.1) is 0 Å². The van der Waals surface area contributed by atoms with Gasteiger partial charge in [-0.15, -0.1) is 0 Å². The number of hydrogen-bond donors (Lipinski definition) is 2. The van der Waals surface area contributed by atoms with Crippen LogP contribution in [0.25, 0.3) is 0 Å². The van der Waals surface area contributed by atoms with Crippen molar-refractivity contribution in [3.05, 3.63) is 35.9 Å². The molecule has 0 aromatic heterocycles. The fourth-order valence-corrected chi connectivity index (χ4v) is 1.34. The minimum Gasteiger partial charge on any atom is -0.390 e. The summed E-state index contributed by atoms with van der Waals surface area (Å²) in [6, 6.07) is 10.2. The van der Waals surface area contributed by atoms with Crippen molar-refractivity contribution in [1.82, 2.24) is 5.32 Å². The third-order valence-corrected chi connectivity index (χ3v) is 2.09. The molecule has 58 valence electrons. The topological polar surface area (TPSA) is 32.3 Å². The molecule has 1 aromatic carbocycles. The first kappa shape index (κ1) is 6.83. The number of β-amino-alcohol motifs (C(OH)–C–C–N with tert-alkyl or cyclic N) is 1. The van der Waals surface area contributed by atoms with Crippen LogP contribution in [-0.4, -0.2) is 17.8 Å². The molecule has 1 aromatic rings. The highest BCUT2D eigenvalue weighted by molar-refractivity contribution is 5.22. The first-order valence-electron chi connectivity index (χ1n) is 3.84. The van der Waals surface area contributed by atoms with Gasteiger partial charge in [0.15, 0.2) is 0 Å². The Morgan fingerprint density at radius 1 is 1.27 bits per heavy atom. The predicted octanol–water partition coefficient (Wildman–Crippen LogP) is 0.692. The molecular formula is C9H11NO. The van der Waals surface area contributed by atoms with E-state index >= 15 is 0 Å². The highest BCUT2D eigenvalue weighted by Crippen LogP contribution is 2.22. The first-order chi connectivity index (χ1) is 5.38. The van der Waals surface area contributed by atoms with Crippen LogP contribution in [0.1, 0.15) is 11.6 Å². The van der Waals surface area contributed by atoms with E-state index in [4.69, 9.17) is 0 Å². The standard InChI is InChI=1S/C9H11NO/c11-8-6-10-9(8)7-4-2-1-3-5-7/h1-5,8-11H,6H2. The van der Waals surface area contributed by atoms with Crippen molar-refractivity contribution in [2.75, 3.05) is 6.54 Å². The molecule has 2 atom stereocenters. The Morgan fingerprint density at radius 2 is 2.00 bits per heavy atom. The molecule has 0 bridgehead atoms. The van der Waals surface area contributed by atoms with Gasteiger partial charge in [0.2, 0.25) is 0 Å². The maximum atomic E-state index is 9.30. The average Bonchev–Trinajstić information content (AvgIpc) is 2.04. The molecule has 0 spiro atoms. The number of rotatable bonds is 1. The van der Waals surface area contributed by atoms with Gasteiger partial charge in [-0.3, -0.25) is 0 Å². The summed E-state index contributed by atoms with van der Waals surface area (Å²) in [6.45, 7) is 0.722. The van der Waals surface area contributed by atoms with Crippen molar-refractivity contribution in [1.29, 1.82) is 0 Å². The molecule has 11 heavy (non-hydrogen) atoms. The van der Waals surface area contributed by atoms with Crippen LogP contribution in [0.2, 0.25) is 0 Å². The Labute approximate surface area is 65.9 Å². The summed E-state index contributed by atoms with van der Waals surface area (Å²) in [6.07, 6.45) is -0.197. The van der Waals surface area contributed by atoms with Gasteiger partial charge in [0, 0.05) is 6.54 Å². The summed E-state index contributed by atoms with van der Waals surface area (Å²) < 4.78 is 0. The zero-order chi connectivity index (χ0) is 7.68. The average molecular weight is 149 g/mol. The maximum Gasteiger partial charge on any atom is 0.0859 e. The lowest BCUT2D eigenvalue weighted by Crippen LogP contribution is -2.49. The molecule has 1 fully saturated rings. The Bertz CT molecular complexity index is 235. The second kappa shape index (κ2) is 2.64. The van der Waals surface area contributed by atoms with E-state index in [1.165, 1.54) is 5.56 Å². The molecule has 0 aliphatic carbocycles. The lowest BCUT2D eigenvalue weighted by molar-refractivity contribution is 0.0611. The normalized spacial score (nSPS) is 29.5. The van der Waals surface area contributed by atoms with Crippen LogP contribution in [0.3, 0.4) is 0 Å². The van der Waals surface area contributed by atoms with E-state index < -0.39 is 0 Å². The molecule has 0 radical (unpaired) electrons. The second-order valence-corrected chi connectivity index (χ2v) is 2.86. The van der Waals surface area contributed by atoms with Crippen molar-refractivity contribution in [3.63, 3.8) is 0 Å². The van der Waals surface area contributed by atoms with Gasteiger partial charge >= 0.3 is 0 Å². The van der Waals surface area contributed by atoms with Crippen molar-refractivity contribution in [3.8, 4) is 0 Å². The van der Waals surface area contributed by atoms with Crippen LogP contribution >= 0.6 is 0 Å². The lowest BCUT2D eigenvalue weighted by atomic mass is 9.95. The SMILES string of the molecule is OC1CNC1c1ccccc1. The maximum absolute atomic E-state index is 9.30. The second-order valence-electron chi connectivity index (χ2n) is 2.86. The van der Waals surface area contributed by atoms with E-state index in [2.05, 4.69) is 5.32 Å². The Kier molecular flexibility index (Phi) is 1.64. The van der Waals surface area contributed by atoms with Crippen molar-refractivity contribution < 1.29 is 5.11 Å². The monoisotopic (exact) mass is 149 g/mol. The van der Waals surface area contributed by atoms with Crippen LogP contribution in [0.5, 0.6) is 0 Å². The molecule has 1 saturated heterocycles. The number of aliphatic hydroxyl groups excluding tert-OH is 1. The Morgan fingerprint density at radius 3 is 2.45 bits per heavy atom. The summed E-state index contributed by atoms with van der Waals surface area (Å²) in [5.74, 6) is 0. The largest absolute Gasteiger partial charge is 0.390 e. The lowest BCUT2D eigenvalue weighted by Gasteiger charge is -2.34. The summed E-state index contributed by atoms with van der Waals surface area (Å²) >= 11 is 0. The molecular weight excluding hydrogens is 138 g/mol. The Balaban J connectivity index is 2.17. The fraction of sp³-hybridized carbons (Fsp3) is 0.333. The quantitative estimate of drug-likeness (QED) is 0.615. The molecule has 1 heterocycles. The molecule has 1 aliphatic rings. The molecule has 2 unspecified atom stereocenters. The summed E-state index contributed by atoms with van der Waals surface area (Å²) in [7, 11) is 0. The molecule has 0 amide bonds. The minimum absolute atomic E-state index is 0.163. The Hall–Kier alpha value is -0.860. The molecule has 1 aliphatic heterocycles. The predicted molar refractivity (Wildman–Crippen MR) is 43.2 cm³/mol. The van der Waals surface area contributed by atoms with Gasteiger partial charge in [-0.25, -0.2) is 0 Å². The summed E-state index contributed by atoms with van der Waals surface area (Å²) in [5, 5.41) is 12.5. The third kappa shape index (κ3) is 1.15. The van der Waals surface area contributed by atoms with Gasteiger partial charge in [-0.05, 0) is 5.56 Å². The molecule has 2 rings (SSSR count). The van der Waals surface area contributed by atoms with Crippen LogP contribution in [0.4, 0.5) is 0 Å². The zero-order valence-electron chi connectivity index (χ0n) is 6.20. The van der Waals surface area contributed by atoms with E-state index in [9.17, 15) is 5.11 Å². The molecule has 0 saturated carbocycles. The number of benzene rings is 1. The molecule has 2 nitrogen and oxygen atoms in total. The number of aliphatic hydroxyl groups is 1. The van der Waals surface area contributed by atoms with Gasteiger partial charge in [0.25, 0.3) is 0 Å². The van der Waals surface area contributed by atoms with Crippen LogP contribution in [0.15, 0.2) is 30.3 Å². The molecule has 2 heteroatoms. The van der Waals surface area contributed by atoms with Crippen LogP contribution < -0.4 is 5.32 Å². The van der Waals surface area contributed by atoms with Crippen LogP contribution in [-0.2, 0) is 0 Å². The van der Waals surface area contributed by atoms with Gasteiger partial charge in [-0.1, -0.05) is 30.3 Å². The van der Waals surface area contributed by atoms with E-state index in [0.29, 0.717) is 0 Å². The summed E-state index contributed by atoms with van der Waals surface area (Å²) in [5.41, 5.74) is 1.17. The highest BCUT2D eigenvalue weighted by atomic mass is 16.3.